The summed E-state index contributed by atoms with van der Waals surface area (Å²) < 4.78 is 12.8. The van der Waals surface area contributed by atoms with Crippen LogP contribution in [0.3, 0.4) is 0 Å². The lowest BCUT2D eigenvalue weighted by Gasteiger charge is -2.18. The predicted octanol–water partition coefficient (Wildman–Crippen LogP) is 3.52. The SMILES string of the molecule is CCOC(=O)c1c(OC(C)C)c2nc(N(C)C(=O)c3ccccc3)c(C)nc2n1C. The Labute approximate surface area is 175 Å². The summed E-state index contributed by atoms with van der Waals surface area (Å²) in [5.41, 5.74) is 2.23. The average Bonchev–Trinajstić information content (AvgIpc) is 2.97. The molecule has 2 heterocycles. The van der Waals surface area contributed by atoms with E-state index in [4.69, 9.17) is 9.47 Å². The second kappa shape index (κ2) is 8.52. The Hall–Kier alpha value is -3.42. The zero-order chi connectivity index (χ0) is 22.0. The molecular formula is C22H26N4O4. The number of ether oxygens (including phenoxy) is 2. The standard InChI is InChI=1S/C22H26N4O4/c1-7-29-22(28)17-18(30-13(2)3)16-20(25(17)5)23-14(4)19(24-16)26(6)21(27)15-11-9-8-10-12-15/h8-13H,7H2,1-6H3. The third kappa shape index (κ3) is 3.85. The summed E-state index contributed by atoms with van der Waals surface area (Å²) in [4.78, 5) is 36.3. The Morgan fingerprint density at radius 3 is 2.43 bits per heavy atom. The Morgan fingerprint density at radius 2 is 1.83 bits per heavy atom. The highest BCUT2D eigenvalue weighted by Crippen LogP contribution is 2.34. The highest BCUT2D eigenvalue weighted by molar-refractivity contribution is 6.06. The summed E-state index contributed by atoms with van der Waals surface area (Å²) in [7, 11) is 3.37. The van der Waals surface area contributed by atoms with Crippen LogP contribution in [-0.2, 0) is 11.8 Å². The van der Waals surface area contributed by atoms with Crippen molar-refractivity contribution in [2.24, 2.45) is 7.05 Å². The highest BCUT2D eigenvalue weighted by atomic mass is 16.5. The van der Waals surface area contributed by atoms with Crippen LogP contribution in [-0.4, -0.2) is 46.2 Å². The van der Waals surface area contributed by atoms with Gasteiger partial charge in [0.05, 0.1) is 18.4 Å². The molecule has 0 atom stereocenters. The summed E-state index contributed by atoms with van der Waals surface area (Å²) in [6.45, 7) is 7.48. The number of nitrogens with zero attached hydrogens (tertiary/aromatic N) is 4. The number of carbonyl (C=O) groups excluding carboxylic acids is 2. The molecule has 158 valence electrons. The van der Waals surface area contributed by atoms with Crippen LogP contribution in [0, 0.1) is 6.92 Å². The van der Waals surface area contributed by atoms with Crippen molar-refractivity contribution in [1.29, 1.82) is 0 Å². The second-order valence-corrected chi connectivity index (χ2v) is 7.16. The van der Waals surface area contributed by atoms with E-state index in [1.165, 1.54) is 4.90 Å². The normalized spacial score (nSPS) is 11.0. The van der Waals surface area contributed by atoms with Gasteiger partial charge in [-0.3, -0.25) is 9.69 Å². The van der Waals surface area contributed by atoms with Gasteiger partial charge in [0, 0.05) is 19.7 Å². The number of hydrogen-bond acceptors (Lipinski definition) is 6. The van der Waals surface area contributed by atoms with E-state index in [9.17, 15) is 9.59 Å². The first-order chi connectivity index (χ1) is 14.3. The number of esters is 1. The number of aryl methyl sites for hydroxylation is 2. The largest absolute Gasteiger partial charge is 0.486 e. The Kier molecular flexibility index (Phi) is 6.05. The molecule has 1 amide bonds. The van der Waals surface area contributed by atoms with Gasteiger partial charge in [0.2, 0.25) is 0 Å². The van der Waals surface area contributed by atoms with Crippen LogP contribution in [0.2, 0.25) is 0 Å². The van der Waals surface area contributed by atoms with Crippen molar-refractivity contribution in [1.82, 2.24) is 14.5 Å². The van der Waals surface area contributed by atoms with E-state index < -0.39 is 5.97 Å². The zero-order valence-electron chi connectivity index (χ0n) is 18.1. The maximum absolute atomic E-state index is 12.9. The molecule has 0 radical (unpaired) electrons. The van der Waals surface area contributed by atoms with E-state index in [0.717, 1.165) is 0 Å². The molecule has 8 nitrogen and oxygen atoms in total. The molecule has 0 spiro atoms. The number of benzene rings is 1. The Balaban J connectivity index is 2.17. The molecule has 0 bridgehead atoms. The molecule has 8 heteroatoms. The van der Waals surface area contributed by atoms with E-state index in [1.54, 1.807) is 56.8 Å². The molecule has 0 unspecified atom stereocenters. The average molecular weight is 410 g/mol. The van der Waals surface area contributed by atoms with Gasteiger partial charge in [-0.2, -0.15) is 0 Å². The molecule has 0 fully saturated rings. The maximum atomic E-state index is 12.9. The smallest absolute Gasteiger partial charge is 0.358 e. The molecule has 3 rings (SSSR count). The van der Waals surface area contributed by atoms with Gasteiger partial charge in [0.15, 0.2) is 28.4 Å². The first-order valence-electron chi connectivity index (χ1n) is 9.80. The molecule has 0 aliphatic heterocycles. The summed E-state index contributed by atoms with van der Waals surface area (Å²) in [6.07, 6.45) is -0.195. The quantitative estimate of drug-likeness (QED) is 0.578. The molecule has 0 N–H and O–H groups in total. The molecule has 3 aromatic rings. The van der Waals surface area contributed by atoms with Crippen LogP contribution in [0.25, 0.3) is 11.2 Å². The number of hydrogen-bond donors (Lipinski definition) is 0. The lowest BCUT2D eigenvalue weighted by atomic mass is 10.2. The van der Waals surface area contributed by atoms with E-state index in [-0.39, 0.29) is 24.3 Å². The lowest BCUT2D eigenvalue weighted by Crippen LogP contribution is -2.28. The van der Waals surface area contributed by atoms with Crippen molar-refractivity contribution >= 4 is 28.9 Å². The van der Waals surface area contributed by atoms with Crippen LogP contribution >= 0.6 is 0 Å². The minimum Gasteiger partial charge on any atom is -0.486 e. The zero-order valence-corrected chi connectivity index (χ0v) is 18.1. The summed E-state index contributed by atoms with van der Waals surface area (Å²) >= 11 is 0. The van der Waals surface area contributed by atoms with Gasteiger partial charge in [-0.05, 0) is 39.8 Å². The van der Waals surface area contributed by atoms with E-state index in [0.29, 0.717) is 34.0 Å². The van der Waals surface area contributed by atoms with E-state index in [1.807, 2.05) is 19.9 Å². The van der Waals surface area contributed by atoms with Crippen molar-refractivity contribution in [2.75, 3.05) is 18.6 Å². The van der Waals surface area contributed by atoms with Crippen LogP contribution in [0.1, 0.15) is 47.3 Å². The molecule has 0 aliphatic rings. The number of amides is 1. The molecule has 0 aliphatic carbocycles. The van der Waals surface area contributed by atoms with E-state index >= 15 is 0 Å². The van der Waals surface area contributed by atoms with Crippen LogP contribution < -0.4 is 9.64 Å². The van der Waals surface area contributed by atoms with Gasteiger partial charge < -0.3 is 14.0 Å². The lowest BCUT2D eigenvalue weighted by molar-refractivity contribution is 0.0509. The fourth-order valence-electron chi connectivity index (χ4n) is 3.22. The maximum Gasteiger partial charge on any atom is 0.358 e. The molecular weight excluding hydrogens is 384 g/mol. The van der Waals surface area contributed by atoms with Gasteiger partial charge in [0.1, 0.15) is 0 Å². The number of aromatic nitrogens is 3. The van der Waals surface area contributed by atoms with Gasteiger partial charge in [0.25, 0.3) is 5.91 Å². The predicted molar refractivity (Wildman–Crippen MR) is 114 cm³/mol. The van der Waals surface area contributed by atoms with E-state index in [2.05, 4.69) is 9.97 Å². The third-order valence-corrected chi connectivity index (χ3v) is 4.58. The molecule has 30 heavy (non-hydrogen) atoms. The summed E-state index contributed by atoms with van der Waals surface area (Å²) in [5.74, 6) is -0.0233. The topological polar surface area (TPSA) is 86.6 Å². The van der Waals surface area contributed by atoms with Gasteiger partial charge >= 0.3 is 5.97 Å². The number of rotatable bonds is 6. The second-order valence-electron chi connectivity index (χ2n) is 7.16. The molecule has 1 aromatic carbocycles. The molecule has 0 saturated carbocycles. The van der Waals surface area contributed by atoms with Crippen LogP contribution in [0.5, 0.6) is 5.75 Å². The number of fused-ring (bicyclic) bond motifs is 1. The van der Waals surface area contributed by atoms with Gasteiger partial charge in [-0.15, -0.1) is 0 Å². The third-order valence-electron chi connectivity index (χ3n) is 4.58. The first-order valence-corrected chi connectivity index (χ1v) is 9.80. The van der Waals surface area contributed by atoms with Crippen molar-refractivity contribution in [2.45, 2.75) is 33.8 Å². The first kappa shape index (κ1) is 21.3. The number of carbonyl (C=O) groups is 2. The van der Waals surface area contributed by atoms with Gasteiger partial charge in [-0.1, -0.05) is 18.2 Å². The molecule has 0 saturated heterocycles. The Bertz CT molecular complexity index is 1090. The molecule has 2 aromatic heterocycles. The Morgan fingerprint density at radius 1 is 1.17 bits per heavy atom. The van der Waals surface area contributed by atoms with Crippen molar-refractivity contribution in [3.63, 3.8) is 0 Å². The highest BCUT2D eigenvalue weighted by Gasteiger charge is 2.28. The number of anilines is 1. The fourth-order valence-corrected chi connectivity index (χ4v) is 3.22. The van der Waals surface area contributed by atoms with Crippen molar-refractivity contribution in [3.8, 4) is 5.75 Å². The minimum absolute atomic E-state index is 0.195. The van der Waals surface area contributed by atoms with Crippen molar-refractivity contribution < 1.29 is 19.1 Å². The van der Waals surface area contributed by atoms with Crippen LogP contribution in [0.4, 0.5) is 5.82 Å². The monoisotopic (exact) mass is 410 g/mol. The van der Waals surface area contributed by atoms with Gasteiger partial charge in [-0.25, -0.2) is 14.8 Å². The van der Waals surface area contributed by atoms with Crippen LogP contribution in [0.15, 0.2) is 30.3 Å². The fraction of sp³-hybridized carbons (Fsp3) is 0.364. The van der Waals surface area contributed by atoms with Crippen molar-refractivity contribution in [3.05, 3.63) is 47.3 Å². The summed E-state index contributed by atoms with van der Waals surface area (Å²) in [5, 5.41) is 0. The minimum atomic E-state index is -0.511. The summed E-state index contributed by atoms with van der Waals surface area (Å²) in [6, 6.07) is 8.95.